The summed E-state index contributed by atoms with van der Waals surface area (Å²) in [6.07, 6.45) is 10.1. The number of imide groups is 1. The molecule has 2 aliphatic carbocycles. The predicted octanol–water partition coefficient (Wildman–Crippen LogP) is 5.07. The molecule has 1 spiro atoms. The van der Waals surface area contributed by atoms with Crippen molar-refractivity contribution in [2.45, 2.75) is 75.4 Å². The highest BCUT2D eigenvalue weighted by Crippen LogP contribution is 2.63. The van der Waals surface area contributed by atoms with Crippen LogP contribution in [0.2, 0.25) is 0 Å². The Morgan fingerprint density at radius 3 is 2.48 bits per heavy atom. The lowest BCUT2D eigenvalue weighted by molar-refractivity contribution is -0.315. The van der Waals surface area contributed by atoms with Crippen LogP contribution in [0.1, 0.15) is 68.1 Å². The van der Waals surface area contributed by atoms with Gasteiger partial charge >= 0.3 is 0 Å². The Hall–Kier alpha value is -2.46. The normalized spacial score (nSPS) is 32.4. The third-order valence-corrected chi connectivity index (χ3v) is 8.09. The largest absolute Gasteiger partial charge is 0.343 e. The molecule has 4 heteroatoms. The first-order valence-corrected chi connectivity index (χ1v) is 11.9. The van der Waals surface area contributed by atoms with Gasteiger partial charge in [-0.1, -0.05) is 68.1 Å². The number of rotatable bonds is 2. The summed E-state index contributed by atoms with van der Waals surface area (Å²) in [5.41, 5.74) is 2.26. The summed E-state index contributed by atoms with van der Waals surface area (Å²) < 4.78 is 6.56. The molecular formula is C27H29NO3. The van der Waals surface area contributed by atoms with Crippen molar-refractivity contribution in [1.82, 2.24) is 0 Å². The molecule has 4 nitrogen and oxygen atoms in total. The summed E-state index contributed by atoms with van der Waals surface area (Å²) in [5.74, 6) is -0.380. The van der Waals surface area contributed by atoms with E-state index in [0.29, 0.717) is 6.42 Å². The van der Waals surface area contributed by atoms with E-state index in [1.54, 1.807) is 0 Å². The van der Waals surface area contributed by atoms with Gasteiger partial charge in [0.15, 0.2) is 11.2 Å². The first kappa shape index (κ1) is 19.2. The standard InChI is InChI=1S/C27H29NO3/c29-24-26-18-9-2-1-6-17-23(26)27(31-26,20-13-4-3-5-14-20)25(30)28(24)22-16-10-12-19-11-7-8-15-21(19)22/h3-5,10,12-14,16,23H,1-2,6-9,11,15,17-18H2/t23-,26+,27-/m1/s1. The van der Waals surface area contributed by atoms with Crippen molar-refractivity contribution in [2.75, 3.05) is 4.90 Å². The van der Waals surface area contributed by atoms with Gasteiger partial charge in [0.1, 0.15) is 0 Å². The molecular weight excluding hydrogens is 386 g/mol. The summed E-state index contributed by atoms with van der Waals surface area (Å²) in [4.78, 5) is 29.8. The maximum absolute atomic E-state index is 14.2. The highest BCUT2D eigenvalue weighted by atomic mass is 16.6. The van der Waals surface area contributed by atoms with Crippen LogP contribution in [0, 0.1) is 5.92 Å². The van der Waals surface area contributed by atoms with E-state index in [0.717, 1.165) is 62.6 Å². The molecule has 0 radical (unpaired) electrons. The minimum atomic E-state index is -1.04. The molecule has 3 aliphatic heterocycles. The van der Waals surface area contributed by atoms with Gasteiger partial charge in [0.2, 0.25) is 0 Å². The second-order valence-corrected chi connectivity index (χ2v) is 9.67. The number of amides is 2. The fourth-order valence-electron chi connectivity index (χ4n) is 6.65. The zero-order valence-electron chi connectivity index (χ0n) is 17.9. The zero-order valence-corrected chi connectivity index (χ0v) is 17.9. The maximum atomic E-state index is 14.2. The van der Waals surface area contributed by atoms with E-state index in [1.807, 2.05) is 42.5 Å². The SMILES string of the molecule is O=C1N(c2cccc3c2CCCC3)C(=O)[C@]23CCCCCC[C@H]2[C@@]1(c1ccccc1)O3. The van der Waals surface area contributed by atoms with Gasteiger partial charge in [-0.25, -0.2) is 4.90 Å². The number of carbonyl (C=O) groups is 2. The van der Waals surface area contributed by atoms with Crippen molar-refractivity contribution in [3.63, 3.8) is 0 Å². The van der Waals surface area contributed by atoms with E-state index in [1.165, 1.54) is 22.4 Å². The molecule has 7 rings (SSSR count). The van der Waals surface area contributed by atoms with E-state index in [4.69, 9.17) is 4.74 Å². The topological polar surface area (TPSA) is 46.6 Å². The summed E-state index contributed by atoms with van der Waals surface area (Å²) in [5, 5.41) is 0. The van der Waals surface area contributed by atoms with Crippen LogP contribution < -0.4 is 4.90 Å². The summed E-state index contributed by atoms with van der Waals surface area (Å²) in [6.45, 7) is 0. The number of fused-ring (bicyclic) bond motifs is 3. The van der Waals surface area contributed by atoms with Crippen LogP contribution in [0.5, 0.6) is 0 Å². The smallest absolute Gasteiger partial charge is 0.271 e. The lowest BCUT2D eigenvalue weighted by atomic mass is 9.57. The van der Waals surface area contributed by atoms with Crippen LogP contribution in [-0.2, 0) is 32.8 Å². The number of aryl methyl sites for hydroxylation is 1. The highest BCUT2D eigenvalue weighted by molar-refractivity contribution is 6.25. The van der Waals surface area contributed by atoms with Crippen molar-refractivity contribution in [3.8, 4) is 0 Å². The van der Waals surface area contributed by atoms with Crippen LogP contribution >= 0.6 is 0 Å². The first-order chi connectivity index (χ1) is 15.2. The van der Waals surface area contributed by atoms with Gasteiger partial charge < -0.3 is 4.74 Å². The summed E-state index contributed by atoms with van der Waals surface area (Å²) >= 11 is 0. The van der Waals surface area contributed by atoms with Gasteiger partial charge in [-0.05, 0) is 61.3 Å². The van der Waals surface area contributed by atoms with E-state index in [2.05, 4.69) is 6.07 Å². The second kappa shape index (κ2) is 7.03. The van der Waals surface area contributed by atoms with Crippen LogP contribution in [0.15, 0.2) is 48.5 Å². The Morgan fingerprint density at radius 2 is 1.61 bits per heavy atom. The minimum Gasteiger partial charge on any atom is -0.343 e. The first-order valence-electron chi connectivity index (χ1n) is 11.9. The van der Waals surface area contributed by atoms with Gasteiger partial charge in [-0.2, -0.15) is 0 Å². The number of nitrogens with zero attached hydrogens (tertiary/aromatic N) is 1. The molecule has 2 bridgehead atoms. The Balaban J connectivity index is 1.53. The molecule has 4 fully saturated rings. The molecule has 5 aliphatic rings. The molecule has 3 heterocycles. The van der Waals surface area contributed by atoms with Crippen molar-refractivity contribution in [3.05, 3.63) is 65.2 Å². The molecule has 31 heavy (non-hydrogen) atoms. The molecule has 2 amide bonds. The van der Waals surface area contributed by atoms with Crippen molar-refractivity contribution in [2.24, 2.45) is 5.92 Å². The Kier molecular flexibility index (Phi) is 4.36. The minimum absolute atomic E-state index is 0.0708. The van der Waals surface area contributed by atoms with Crippen molar-refractivity contribution in [1.29, 1.82) is 0 Å². The van der Waals surface area contributed by atoms with Crippen LogP contribution in [0.3, 0.4) is 0 Å². The lowest BCUT2D eigenvalue weighted by Crippen LogP contribution is -2.82. The number of benzene rings is 2. The quantitative estimate of drug-likeness (QED) is 0.643. The molecule has 3 saturated heterocycles. The third kappa shape index (κ3) is 2.51. The van der Waals surface area contributed by atoms with E-state index in [9.17, 15) is 9.59 Å². The monoisotopic (exact) mass is 415 g/mol. The predicted molar refractivity (Wildman–Crippen MR) is 119 cm³/mol. The lowest BCUT2D eigenvalue weighted by Gasteiger charge is -2.66. The second-order valence-electron chi connectivity index (χ2n) is 9.67. The Morgan fingerprint density at radius 1 is 0.806 bits per heavy atom. The van der Waals surface area contributed by atoms with Gasteiger partial charge in [0.05, 0.1) is 5.69 Å². The summed E-state index contributed by atoms with van der Waals surface area (Å²) in [6, 6.07) is 16.0. The number of anilines is 1. The van der Waals surface area contributed by atoms with Gasteiger partial charge in [-0.15, -0.1) is 0 Å². The maximum Gasteiger partial charge on any atom is 0.271 e. The number of carbonyl (C=O) groups excluding carboxylic acids is 2. The van der Waals surface area contributed by atoms with Crippen molar-refractivity contribution < 1.29 is 14.3 Å². The average molecular weight is 416 g/mol. The molecule has 1 saturated carbocycles. The van der Waals surface area contributed by atoms with Gasteiger partial charge in [-0.3, -0.25) is 9.59 Å². The van der Waals surface area contributed by atoms with Crippen LogP contribution in [0.4, 0.5) is 5.69 Å². The van der Waals surface area contributed by atoms with E-state index in [-0.39, 0.29) is 17.7 Å². The molecule has 0 unspecified atom stereocenters. The van der Waals surface area contributed by atoms with Crippen LogP contribution in [-0.4, -0.2) is 17.4 Å². The van der Waals surface area contributed by atoms with Gasteiger partial charge in [0, 0.05) is 5.92 Å². The van der Waals surface area contributed by atoms with Gasteiger partial charge in [0.25, 0.3) is 11.8 Å². The number of piperidine rings is 1. The molecule has 3 atom stereocenters. The molecule has 2 aromatic rings. The molecule has 160 valence electrons. The Labute approximate surface area is 183 Å². The summed E-state index contributed by atoms with van der Waals surface area (Å²) in [7, 11) is 0. The average Bonchev–Trinajstić information content (AvgIpc) is 2.79. The number of ether oxygens (including phenoxy) is 1. The highest BCUT2D eigenvalue weighted by Gasteiger charge is 2.78. The number of hydrogen-bond acceptors (Lipinski definition) is 3. The molecule has 0 aromatic heterocycles. The van der Waals surface area contributed by atoms with E-state index < -0.39 is 11.2 Å². The Bertz CT molecular complexity index is 1050. The van der Waals surface area contributed by atoms with E-state index >= 15 is 0 Å². The van der Waals surface area contributed by atoms with Crippen molar-refractivity contribution >= 4 is 17.5 Å². The number of morpholine rings is 1. The zero-order chi connectivity index (χ0) is 21.1. The molecule has 2 aromatic carbocycles. The molecule has 0 N–H and O–H groups in total. The third-order valence-electron chi connectivity index (χ3n) is 8.09. The van der Waals surface area contributed by atoms with Crippen LogP contribution in [0.25, 0.3) is 0 Å². The fourth-order valence-corrected chi connectivity index (χ4v) is 6.65. The fraction of sp³-hybridized carbons (Fsp3) is 0.481. The number of hydrogen-bond donors (Lipinski definition) is 0.